The van der Waals surface area contributed by atoms with Crippen LogP contribution in [0.15, 0.2) is 29.6 Å². The Labute approximate surface area is 113 Å². The van der Waals surface area contributed by atoms with Gasteiger partial charge in [-0.3, -0.25) is 0 Å². The molecule has 1 atom stereocenters. The van der Waals surface area contributed by atoms with Crippen LogP contribution in [-0.4, -0.2) is 4.98 Å². The summed E-state index contributed by atoms with van der Waals surface area (Å²) in [6.07, 6.45) is 1.12. The Balaban J connectivity index is 2.14. The lowest BCUT2D eigenvalue weighted by molar-refractivity contribution is 0.647. The monoisotopic (exact) mass is 260 g/mol. The molecular weight excluding hydrogens is 240 g/mol. The van der Waals surface area contributed by atoms with Crippen molar-refractivity contribution in [3.05, 3.63) is 51.5 Å². The number of nitrogens with two attached hydrogens (primary N) is 1. The molecule has 2 rings (SSSR count). The molecule has 2 N–H and O–H groups in total. The average Bonchev–Trinajstić information content (AvgIpc) is 2.75. The Bertz CT molecular complexity index is 499. The SMILES string of the molecule is Cc1csc(C(N)c2ccc(CC(C)C)cc2)n1. The van der Waals surface area contributed by atoms with Crippen LogP contribution >= 0.6 is 11.3 Å². The number of thiazole rings is 1. The van der Waals surface area contributed by atoms with Gasteiger partial charge in [-0.25, -0.2) is 4.98 Å². The molecule has 0 aliphatic rings. The minimum absolute atomic E-state index is 0.100. The van der Waals surface area contributed by atoms with Crippen LogP contribution in [0.1, 0.15) is 41.7 Å². The predicted molar refractivity (Wildman–Crippen MR) is 77.9 cm³/mol. The largest absolute Gasteiger partial charge is 0.318 e. The van der Waals surface area contributed by atoms with E-state index >= 15 is 0 Å². The van der Waals surface area contributed by atoms with Gasteiger partial charge in [-0.05, 0) is 30.4 Å². The maximum Gasteiger partial charge on any atom is 0.114 e. The molecule has 0 aliphatic heterocycles. The van der Waals surface area contributed by atoms with E-state index in [2.05, 4.69) is 43.1 Å². The smallest absolute Gasteiger partial charge is 0.114 e. The van der Waals surface area contributed by atoms with Crippen molar-refractivity contribution in [1.29, 1.82) is 0 Å². The predicted octanol–water partition coefficient (Wildman–Crippen LogP) is 3.70. The van der Waals surface area contributed by atoms with Gasteiger partial charge >= 0.3 is 0 Å². The van der Waals surface area contributed by atoms with Crippen LogP contribution in [0.25, 0.3) is 0 Å². The minimum Gasteiger partial charge on any atom is -0.318 e. The zero-order valence-corrected chi connectivity index (χ0v) is 12.0. The highest BCUT2D eigenvalue weighted by molar-refractivity contribution is 7.09. The Hall–Kier alpha value is -1.19. The lowest BCUT2D eigenvalue weighted by Crippen LogP contribution is -2.11. The zero-order chi connectivity index (χ0) is 13.1. The Kier molecular flexibility index (Phi) is 4.15. The van der Waals surface area contributed by atoms with Crippen LogP contribution in [-0.2, 0) is 6.42 Å². The van der Waals surface area contributed by atoms with Gasteiger partial charge in [-0.2, -0.15) is 0 Å². The Morgan fingerprint density at radius 3 is 2.39 bits per heavy atom. The summed E-state index contributed by atoms with van der Waals surface area (Å²) in [5.41, 5.74) is 9.78. The van der Waals surface area contributed by atoms with Crippen LogP contribution < -0.4 is 5.73 Å². The van der Waals surface area contributed by atoms with Gasteiger partial charge in [0.25, 0.3) is 0 Å². The molecule has 0 spiro atoms. The van der Waals surface area contributed by atoms with E-state index in [0.717, 1.165) is 22.7 Å². The number of rotatable bonds is 4. The van der Waals surface area contributed by atoms with Crippen molar-refractivity contribution in [2.24, 2.45) is 11.7 Å². The molecule has 3 heteroatoms. The van der Waals surface area contributed by atoms with E-state index in [-0.39, 0.29) is 6.04 Å². The molecule has 0 fully saturated rings. The highest BCUT2D eigenvalue weighted by atomic mass is 32.1. The number of benzene rings is 1. The summed E-state index contributed by atoms with van der Waals surface area (Å²) in [5, 5.41) is 3.03. The van der Waals surface area contributed by atoms with Crippen LogP contribution in [0.4, 0.5) is 0 Å². The molecule has 0 amide bonds. The second-order valence-corrected chi connectivity index (χ2v) is 6.03. The van der Waals surface area contributed by atoms with Gasteiger partial charge in [0.1, 0.15) is 5.01 Å². The highest BCUT2D eigenvalue weighted by Crippen LogP contribution is 2.23. The minimum atomic E-state index is -0.100. The molecule has 0 radical (unpaired) electrons. The molecule has 0 saturated carbocycles. The van der Waals surface area contributed by atoms with Gasteiger partial charge in [0.2, 0.25) is 0 Å². The van der Waals surface area contributed by atoms with Crippen molar-refractivity contribution < 1.29 is 0 Å². The third-order valence-electron chi connectivity index (χ3n) is 2.89. The topological polar surface area (TPSA) is 38.9 Å². The van der Waals surface area contributed by atoms with Crippen molar-refractivity contribution in [2.45, 2.75) is 33.2 Å². The van der Waals surface area contributed by atoms with Gasteiger partial charge in [-0.1, -0.05) is 38.1 Å². The van der Waals surface area contributed by atoms with Crippen molar-refractivity contribution in [3.8, 4) is 0 Å². The molecule has 18 heavy (non-hydrogen) atoms. The summed E-state index contributed by atoms with van der Waals surface area (Å²) in [7, 11) is 0. The van der Waals surface area contributed by atoms with Gasteiger partial charge in [0.15, 0.2) is 0 Å². The molecule has 1 aromatic carbocycles. The summed E-state index contributed by atoms with van der Waals surface area (Å²) >= 11 is 1.63. The molecule has 0 aliphatic carbocycles. The Morgan fingerprint density at radius 2 is 1.89 bits per heavy atom. The first-order valence-corrected chi connectivity index (χ1v) is 7.20. The van der Waals surface area contributed by atoms with Crippen LogP contribution in [0, 0.1) is 12.8 Å². The maximum absolute atomic E-state index is 6.23. The molecular formula is C15H20N2S. The fraction of sp³-hybridized carbons (Fsp3) is 0.400. The summed E-state index contributed by atoms with van der Waals surface area (Å²) < 4.78 is 0. The number of aryl methyl sites for hydroxylation is 1. The number of aromatic nitrogens is 1. The summed E-state index contributed by atoms with van der Waals surface area (Å²) in [5.74, 6) is 0.686. The molecule has 96 valence electrons. The van der Waals surface area contributed by atoms with E-state index in [4.69, 9.17) is 5.73 Å². The van der Waals surface area contributed by atoms with Gasteiger partial charge < -0.3 is 5.73 Å². The normalized spacial score (nSPS) is 12.9. The zero-order valence-electron chi connectivity index (χ0n) is 11.2. The third-order valence-corrected chi connectivity index (χ3v) is 3.93. The van der Waals surface area contributed by atoms with Crippen molar-refractivity contribution in [1.82, 2.24) is 4.98 Å². The fourth-order valence-corrected chi connectivity index (χ4v) is 2.81. The van der Waals surface area contributed by atoms with E-state index in [0.29, 0.717) is 5.92 Å². The molecule has 0 saturated heterocycles. The van der Waals surface area contributed by atoms with E-state index < -0.39 is 0 Å². The molecule has 2 aromatic rings. The second-order valence-electron chi connectivity index (χ2n) is 5.14. The molecule has 2 nitrogen and oxygen atoms in total. The number of nitrogens with zero attached hydrogens (tertiary/aromatic N) is 1. The molecule has 0 bridgehead atoms. The van der Waals surface area contributed by atoms with E-state index in [9.17, 15) is 0 Å². The van der Waals surface area contributed by atoms with E-state index in [1.165, 1.54) is 5.56 Å². The van der Waals surface area contributed by atoms with Crippen molar-refractivity contribution >= 4 is 11.3 Å². The summed E-state index contributed by atoms with van der Waals surface area (Å²) in [4.78, 5) is 4.45. The highest BCUT2D eigenvalue weighted by Gasteiger charge is 2.12. The van der Waals surface area contributed by atoms with Crippen molar-refractivity contribution in [2.75, 3.05) is 0 Å². The maximum atomic E-state index is 6.23. The number of hydrogen-bond acceptors (Lipinski definition) is 3. The van der Waals surface area contributed by atoms with Crippen LogP contribution in [0.2, 0.25) is 0 Å². The number of hydrogen-bond donors (Lipinski definition) is 1. The Morgan fingerprint density at radius 1 is 1.22 bits per heavy atom. The van der Waals surface area contributed by atoms with E-state index in [1.807, 2.05) is 12.3 Å². The van der Waals surface area contributed by atoms with Crippen LogP contribution in [0.3, 0.4) is 0 Å². The molecule has 1 heterocycles. The van der Waals surface area contributed by atoms with Gasteiger partial charge in [0, 0.05) is 11.1 Å². The lowest BCUT2D eigenvalue weighted by Gasteiger charge is -2.10. The first-order chi connectivity index (χ1) is 8.56. The fourth-order valence-electron chi connectivity index (χ4n) is 1.99. The van der Waals surface area contributed by atoms with Gasteiger partial charge in [-0.15, -0.1) is 11.3 Å². The van der Waals surface area contributed by atoms with Crippen LogP contribution in [0.5, 0.6) is 0 Å². The van der Waals surface area contributed by atoms with E-state index in [1.54, 1.807) is 11.3 Å². The standard InChI is InChI=1S/C15H20N2S/c1-10(2)8-12-4-6-13(7-5-12)14(16)15-17-11(3)9-18-15/h4-7,9-10,14H,8,16H2,1-3H3. The third kappa shape index (κ3) is 3.18. The first-order valence-electron chi connectivity index (χ1n) is 6.32. The average molecular weight is 260 g/mol. The lowest BCUT2D eigenvalue weighted by atomic mass is 10.00. The van der Waals surface area contributed by atoms with Crippen molar-refractivity contribution in [3.63, 3.8) is 0 Å². The second kappa shape index (κ2) is 5.63. The van der Waals surface area contributed by atoms with Gasteiger partial charge in [0.05, 0.1) is 6.04 Å². The quantitative estimate of drug-likeness (QED) is 0.910. The molecule has 1 aromatic heterocycles. The summed E-state index contributed by atoms with van der Waals surface area (Å²) in [6, 6.07) is 8.50. The first kappa shape index (κ1) is 13.2. The summed E-state index contributed by atoms with van der Waals surface area (Å²) in [6.45, 7) is 6.47. The molecule has 1 unspecified atom stereocenters.